The first-order valence-electron chi connectivity index (χ1n) is 7.43. The predicted molar refractivity (Wildman–Crippen MR) is 89.4 cm³/mol. The average Bonchev–Trinajstić information content (AvgIpc) is 2.53. The molecule has 1 aromatic carbocycles. The number of para-hydroxylation sites is 1. The van der Waals surface area contributed by atoms with E-state index in [-0.39, 0.29) is 17.2 Å². The van der Waals surface area contributed by atoms with Crippen molar-refractivity contribution >= 4 is 11.9 Å². The van der Waals surface area contributed by atoms with Crippen LogP contribution in [0.25, 0.3) is 0 Å². The van der Waals surface area contributed by atoms with Crippen LogP contribution in [0, 0.1) is 6.92 Å². The van der Waals surface area contributed by atoms with E-state index in [2.05, 4.69) is 10.3 Å². The molecule has 0 atom stereocenters. The molecule has 0 fully saturated rings. The van der Waals surface area contributed by atoms with Crippen LogP contribution in [-0.4, -0.2) is 29.1 Å². The fourth-order valence-corrected chi connectivity index (χ4v) is 2.49. The fourth-order valence-electron chi connectivity index (χ4n) is 2.49. The van der Waals surface area contributed by atoms with Gasteiger partial charge in [-0.3, -0.25) is 4.79 Å². The highest BCUT2D eigenvalue weighted by Gasteiger charge is 2.27. The van der Waals surface area contributed by atoms with Crippen molar-refractivity contribution < 1.29 is 19.4 Å². The Balaban J connectivity index is 2.28. The molecule has 0 aliphatic rings. The van der Waals surface area contributed by atoms with Gasteiger partial charge in [0.2, 0.25) is 0 Å². The van der Waals surface area contributed by atoms with E-state index in [0.717, 1.165) is 5.56 Å². The number of aromatic nitrogens is 1. The number of benzene rings is 1. The second-order valence-electron chi connectivity index (χ2n) is 5.91. The number of carbonyl (C=O) groups excluding carboxylic acids is 1. The molecule has 126 valence electrons. The van der Waals surface area contributed by atoms with E-state index in [4.69, 9.17) is 9.84 Å². The van der Waals surface area contributed by atoms with Gasteiger partial charge in [-0.2, -0.15) is 0 Å². The highest BCUT2D eigenvalue weighted by atomic mass is 16.5. The minimum absolute atomic E-state index is 0.0792. The first-order valence-corrected chi connectivity index (χ1v) is 7.43. The van der Waals surface area contributed by atoms with E-state index >= 15 is 0 Å². The topological polar surface area (TPSA) is 88.5 Å². The summed E-state index contributed by atoms with van der Waals surface area (Å²) in [5.74, 6) is -0.777. The van der Waals surface area contributed by atoms with Gasteiger partial charge in [-0.1, -0.05) is 18.2 Å². The van der Waals surface area contributed by atoms with Gasteiger partial charge in [0.25, 0.3) is 5.91 Å². The van der Waals surface area contributed by atoms with E-state index in [9.17, 15) is 9.59 Å². The van der Waals surface area contributed by atoms with Crippen LogP contribution in [0.4, 0.5) is 0 Å². The molecule has 0 aliphatic heterocycles. The molecule has 0 saturated carbocycles. The Morgan fingerprint density at radius 1 is 1.17 bits per heavy atom. The number of pyridine rings is 1. The van der Waals surface area contributed by atoms with Crippen molar-refractivity contribution in [1.82, 2.24) is 10.3 Å². The highest BCUT2D eigenvalue weighted by molar-refractivity contribution is 5.94. The molecular weight excluding hydrogens is 308 g/mol. The molecule has 0 aliphatic carbocycles. The van der Waals surface area contributed by atoms with Crippen molar-refractivity contribution in [3.8, 4) is 5.75 Å². The van der Waals surface area contributed by atoms with Gasteiger partial charge in [0, 0.05) is 5.56 Å². The van der Waals surface area contributed by atoms with Gasteiger partial charge < -0.3 is 15.2 Å². The van der Waals surface area contributed by atoms with Crippen molar-refractivity contribution in [2.45, 2.75) is 26.3 Å². The van der Waals surface area contributed by atoms with E-state index in [1.54, 1.807) is 14.0 Å². The third-order valence-corrected chi connectivity index (χ3v) is 3.76. The highest BCUT2D eigenvalue weighted by Crippen LogP contribution is 2.29. The van der Waals surface area contributed by atoms with Crippen LogP contribution < -0.4 is 10.1 Å². The average molecular weight is 328 g/mol. The molecule has 2 rings (SSSR count). The summed E-state index contributed by atoms with van der Waals surface area (Å²) in [6.07, 6.45) is 0. The molecule has 0 unspecified atom stereocenters. The first kappa shape index (κ1) is 17.5. The summed E-state index contributed by atoms with van der Waals surface area (Å²) in [6, 6.07) is 10.2. The minimum atomic E-state index is -1.07. The van der Waals surface area contributed by atoms with Gasteiger partial charge >= 0.3 is 5.97 Å². The largest absolute Gasteiger partial charge is 0.496 e. The lowest BCUT2D eigenvalue weighted by Gasteiger charge is -2.28. The number of rotatable bonds is 5. The molecule has 0 radical (unpaired) electrons. The number of nitrogens with zero attached hydrogens (tertiary/aromatic N) is 1. The number of amides is 1. The van der Waals surface area contributed by atoms with Crippen LogP contribution in [0.3, 0.4) is 0 Å². The molecule has 24 heavy (non-hydrogen) atoms. The summed E-state index contributed by atoms with van der Waals surface area (Å²) in [7, 11) is 1.58. The third kappa shape index (κ3) is 3.53. The smallest absolute Gasteiger partial charge is 0.337 e. The molecule has 1 amide bonds. The molecule has 6 heteroatoms. The van der Waals surface area contributed by atoms with E-state index in [1.807, 2.05) is 38.1 Å². The van der Waals surface area contributed by atoms with Crippen LogP contribution in [0.5, 0.6) is 5.75 Å². The molecule has 2 aromatic rings. The van der Waals surface area contributed by atoms with Crippen molar-refractivity contribution in [2.75, 3.05) is 7.11 Å². The lowest BCUT2D eigenvalue weighted by Crippen LogP contribution is -2.41. The molecule has 6 nitrogen and oxygen atoms in total. The van der Waals surface area contributed by atoms with Gasteiger partial charge in [-0.15, -0.1) is 0 Å². The Morgan fingerprint density at radius 2 is 1.83 bits per heavy atom. The zero-order chi connectivity index (χ0) is 17.9. The Kier molecular flexibility index (Phi) is 4.87. The Hall–Kier alpha value is -2.89. The number of aryl methyl sites for hydroxylation is 1. The SMILES string of the molecule is COc1ccccc1C(C)(C)NC(=O)c1ccc(C(=O)O)c(C)n1. The van der Waals surface area contributed by atoms with Crippen LogP contribution in [-0.2, 0) is 5.54 Å². The standard InChI is InChI=1S/C18H20N2O4/c1-11-12(17(22)23)9-10-14(19-11)16(21)20-18(2,3)13-7-5-6-8-15(13)24-4/h5-10H,1-4H3,(H,20,21)(H,22,23). The minimum Gasteiger partial charge on any atom is -0.496 e. The van der Waals surface area contributed by atoms with Gasteiger partial charge in [-0.05, 0) is 39.0 Å². The van der Waals surface area contributed by atoms with Crippen molar-refractivity contribution in [3.05, 3.63) is 58.9 Å². The summed E-state index contributed by atoms with van der Waals surface area (Å²) in [5, 5.41) is 11.9. The second kappa shape index (κ2) is 6.70. The molecule has 0 bridgehead atoms. The maximum atomic E-state index is 12.5. The summed E-state index contributed by atoms with van der Waals surface area (Å²) < 4.78 is 5.35. The Labute approximate surface area is 140 Å². The van der Waals surface area contributed by atoms with Gasteiger partial charge in [0.05, 0.1) is 23.9 Å². The summed E-state index contributed by atoms with van der Waals surface area (Å²) >= 11 is 0. The molecule has 1 aromatic heterocycles. The van der Waals surface area contributed by atoms with Crippen molar-refractivity contribution in [1.29, 1.82) is 0 Å². The lowest BCUT2D eigenvalue weighted by molar-refractivity contribution is 0.0694. The molecule has 2 N–H and O–H groups in total. The zero-order valence-corrected chi connectivity index (χ0v) is 14.1. The normalized spacial score (nSPS) is 11.0. The molecule has 0 spiro atoms. The van der Waals surface area contributed by atoms with Gasteiger partial charge in [-0.25, -0.2) is 9.78 Å². The number of carboxylic acid groups (broad SMARTS) is 1. The third-order valence-electron chi connectivity index (χ3n) is 3.76. The maximum Gasteiger partial charge on any atom is 0.337 e. The van der Waals surface area contributed by atoms with Crippen LogP contribution in [0.15, 0.2) is 36.4 Å². The zero-order valence-electron chi connectivity index (χ0n) is 14.1. The number of ether oxygens (including phenoxy) is 1. The predicted octanol–water partition coefficient (Wildman–Crippen LogP) is 2.76. The fraction of sp³-hybridized carbons (Fsp3) is 0.278. The maximum absolute atomic E-state index is 12.5. The van der Waals surface area contributed by atoms with Crippen molar-refractivity contribution in [3.63, 3.8) is 0 Å². The number of carboxylic acids is 1. The summed E-state index contributed by atoms with van der Waals surface area (Å²) in [5.41, 5.74) is 0.686. The number of carbonyl (C=O) groups is 2. The Bertz CT molecular complexity index is 784. The number of aromatic carboxylic acids is 1. The lowest BCUT2D eigenvalue weighted by atomic mass is 9.93. The number of hydrogen-bond donors (Lipinski definition) is 2. The molecule has 1 heterocycles. The quantitative estimate of drug-likeness (QED) is 0.881. The van der Waals surface area contributed by atoms with E-state index < -0.39 is 11.5 Å². The van der Waals surface area contributed by atoms with Crippen LogP contribution >= 0.6 is 0 Å². The second-order valence-corrected chi connectivity index (χ2v) is 5.91. The number of methoxy groups -OCH3 is 1. The van der Waals surface area contributed by atoms with E-state index in [1.165, 1.54) is 12.1 Å². The molecule has 0 saturated heterocycles. The number of hydrogen-bond acceptors (Lipinski definition) is 4. The molecular formula is C18H20N2O4. The summed E-state index contributed by atoms with van der Waals surface area (Å²) in [6.45, 7) is 5.29. The first-order chi connectivity index (χ1) is 11.3. The van der Waals surface area contributed by atoms with Crippen molar-refractivity contribution in [2.24, 2.45) is 0 Å². The van der Waals surface area contributed by atoms with E-state index in [0.29, 0.717) is 11.4 Å². The van der Waals surface area contributed by atoms with Crippen LogP contribution in [0.1, 0.15) is 46.0 Å². The Morgan fingerprint density at radius 3 is 2.42 bits per heavy atom. The van der Waals surface area contributed by atoms with Gasteiger partial charge in [0.15, 0.2) is 0 Å². The monoisotopic (exact) mass is 328 g/mol. The summed E-state index contributed by atoms with van der Waals surface area (Å²) in [4.78, 5) is 27.6. The van der Waals surface area contributed by atoms with Crippen LogP contribution in [0.2, 0.25) is 0 Å². The number of nitrogens with one attached hydrogen (secondary N) is 1. The van der Waals surface area contributed by atoms with Gasteiger partial charge in [0.1, 0.15) is 11.4 Å².